The Hall–Kier alpha value is -1.03. The van der Waals surface area contributed by atoms with Crippen molar-refractivity contribution in [3.05, 3.63) is 28.8 Å². The number of piperidine rings is 1. The molecule has 9 heteroatoms. The number of amides is 1. The molecule has 1 aliphatic heterocycles. The first-order valence-corrected chi connectivity index (χ1v) is 8.10. The van der Waals surface area contributed by atoms with Crippen LogP contribution in [0.15, 0.2) is 23.1 Å². The predicted molar refractivity (Wildman–Crippen MR) is 82.6 cm³/mol. The van der Waals surface area contributed by atoms with Crippen LogP contribution in [0.2, 0.25) is 5.02 Å². The van der Waals surface area contributed by atoms with Gasteiger partial charge in [-0.3, -0.25) is 9.00 Å². The first-order chi connectivity index (χ1) is 10.4. The molecular formula is C13H19ClN3O4S-. The number of nitrogens with two attached hydrogens (primary N) is 1. The molecule has 4 N–H and O–H groups in total. The van der Waals surface area contributed by atoms with E-state index in [-0.39, 0.29) is 21.9 Å². The smallest absolute Gasteiger partial charge is 0.253 e. The topological polar surface area (TPSA) is 119 Å². The summed E-state index contributed by atoms with van der Waals surface area (Å²) in [5, 5.41) is 7.44. The van der Waals surface area contributed by atoms with E-state index in [1.54, 1.807) is 10.4 Å². The number of benzene rings is 1. The van der Waals surface area contributed by atoms with Gasteiger partial charge < -0.3 is 20.4 Å². The SMILES string of the molecule is CNO.NC1CCN(C(=O)c2ccc(Cl)c(S(=O)[O-])c2)CC1. The summed E-state index contributed by atoms with van der Waals surface area (Å²) in [7, 11) is 1.43. The summed E-state index contributed by atoms with van der Waals surface area (Å²) in [6, 6.07) is 4.41. The van der Waals surface area contributed by atoms with Crippen LogP contribution in [-0.2, 0) is 11.1 Å². The van der Waals surface area contributed by atoms with Gasteiger partial charge in [0.05, 0.1) is 5.02 Å². The molecule has 1 atom stereocenters. The number of likely N-dealkylation sites (tertiary alicyclic amines) is 1. The monoisotopic (exact) mass is 348 g/mol. The van der Waals surface area contributed by atoms with Crippen LogP contribution in [0.5, 0.6) is 0 Å². The minimum absolute atomic E-state index is 0.0544. The van der Waals surface area contributed by atoms with Crippen molar-refractivity contribution in [2.75, 3.05) is 20.1 Å². The van der Waals surface area contributed by atoms with Gasteiger partial charge in [-0.2, -0.15) is 0 Å². The second-order valence-corrected chi connectivity index (χ2v) is 6.05. The summed E-state index contributed by atoms with van der Waals surface area (Å²) in [5.41, 5.74) is 7.87. The molecule has 1 aromatic rings. The lowest BCUT2D eigenvalue weighted by Gasteiger charge is -2.30. The Morgan fingerprint density at radius 3 is 2.55 bits per heavy atom. The fourth-order valence-electron chi connectivity index (χ4n) is 2.05. The van der Waals surface area contributed by atoms with E-state index in [0.717, 1.165) is 12.8 Å². The number of halogens is 1. The second-order valence-electron chi connectivity index (χ2n) is 4.73. The Kier molecular flexibility index (Phi) is 7.94. The van der Waals surface area contributed by atoms with E-state index < -0.39 is 11.1 Å². The van der Waals surface area contributed by atoms with Gasteiger partial charge in [-0.15, -0.1) is 0 Å². The molecule has 22 heavy (non-hydrogen) atoms. The van der Waals surface area contributed by atoms with Crippen molar-refractivity contribution in [2.45, 2.75) is 23.8 Å². The molecule has 7 nitrogen and oxygen atoms in total. The van der Waals surface area contributed by atoms with Gasteiger partial charge in [-0.05, 0) is 42.1 Å². The van der Waals surface area contributed by atoms with Crippen molar-refractivity contribution in [3.8, 4) is 0 Å². The van der Waals surface area contributed by atoms with Gasteiger partial charge >= 0.3 is 0 Å². The Labute approximate surface area is 136 Å². The van der Waals surface area contributed by atoms with Gasteiger partial charge in [-0.1, -0.05) is 11.6 Å². The minimum Gasteiger partial charge on any atom is -0.768 e. The highest BCUT2D eigenvalue weighted by Crippen LogP contribution is 2.22. The first kappa shape index (κ1) is 19.0. The van der Waals surface area contributed by atoms with E-state index in [2.05, 4.69) is 0 Å². The van der Waals surface area contributed by atoms with Crippen LogP contribution < -0.4 is 11.2 Å². The predicted octanol–water partition coefficient (Wildman–Crippen LogP) is 0.736. The zero-order valence-electron chi connectivity index (χ0n) is 12.1. The van der Waals surface area contributed by atoms with Crippen molar-refractivity contribution < 1.29 is 18.8 Å². The minimum atomic E-state index is -2.45. The molecule has 0 aromatic heterocycles. The number of carbonyl (C=O) groups excluding carboxylic acids is 1. The summed E-state index contributed by atoms with van der Waals surface area (Å²) < 4.78 is 22.0. The van der Waals surface area contributed by atoms with E-state index in [9.17, 15) is 13.6 Å². The second kappa shape index (κ2) is 9.19. The Balaban J connectivity index is 0.000000745. The summed E-state index contributed by atoms with van der Waals surface area (Å²) in [6.07, 6.45) is 1.53. The molecule has 1 heterocycles. The van der Waals surface area contributed by atoms with Crippen LogP contribution in [0.4, 0.5) is 0 Å². The molecule has 1 unspecified atom stereocenters. The van der Waals surface area contributed by atoms with Crippen LogP contribution >= 0.6 is 11.6 Å². The molecule has 1 fully saturated rings. The summed E-state index contributed by atoms with van der Waals surface area (Å²) in [4.78, 5) is 13.9. The summed E-state index contributed by atoms with van der Waals surface area (Å²) in [5.74, 6) is -0.185. The van der Waals surface area contributed by atoms with E-state index in [1.807, 2.05) is 0 Å². The average molecular weight is 349 g/mol. The third kappa shape index (κ3) is 5.31. The van der Waals surface area contributed by atoms with Crippen LogP contribution in [0.25, 0.3) is 0 Å². The molecule has 0 bridgehead atoms. The zero-order chi connectivity index (χ0) is 16.7. The van der Waals surface area contributed by atoms with Crippen LogP contribution in [0, 0.1) is 0 Å². The number of nitrogens with zero attached hydrogens (tertiary/aromatic N) is 1. The highest BCUT2D eigenvalue weighted by Gasteiger charge is 2.22. The third-order valence-electron chi connectivity index (χ3n) is 3.18. The normalized spacial score (nSPS) is 16.7. The van der Waals surface area contributed by atoms with Crippen molar-refractivity contribution >= 4 is 28.6 Å². The number of carbonyl (C=O) groups is 1. The van der Waals surface area contributed by atoms with Gasteiger partial charge in [-0.25, -0.2) is 5.48 Å². The standard InChI is InChI=1S/C12H15ClN2O3S.CH5NO/c13-10-2-1-8(7-11(10)19(17)18)12(16)15-5-3-9(14)4-6-15;1-2-3/h1-2,7,9H,3-6,14H2,(H,17,18);2-3H,1H3/p-1. The number of rotatable bonds is 2. The Morgan fingerprint density at radius 1 is 1.50 bits per heavy atom. The van der Waals surface area contributed by atoms with Crippen molar-refractivity contribution in [1.29, 1.82) is 0 Å². The van der Waals surface area contributed by atoms with Crippen molar-refractivity contribution in [3.63, 3.8) is 0 Å². The van der Waals surface area contributed by atoms with E-state index in [1.165, 1.54) is 25.2 Å². The molecule has 0 saturated carbocycles. The molecule has 0 aliphatic carbocycles. The van der Waals surface area contributed by atoms with Gasteiger partial charge in [0.1, 0.15) is 0 Å². The quantitative estimate of drug-likeness (QED) is 0.535. The van der Waals surface area contributed by atoms with Crippen molar-refractivity contribution in [1.82, 2.24) is 10.4 Å². The zero-order valence-corrected chi connectivity index (χ0v) is 13.7. The lowest BCUT2D eigenvalue weighted by Crippen LogP contribution is -2.42. The van der Waals surface area contributed by atoms with E-state index in [0.29, 0.717) is 18.7 Å². The number of hydroxylamine groups is 1. The van der Waals surface area contributed by atoms with Crippen LogP contribution in [0.3, 0.4) is 0 Å². The summed E-state index contributed by atoms with van der Waals surface area (Å²) in [6.45, 7) is 1.19. The maximum Gasteiger partial charge on any atom is 0.253 e. The van der Waals surface area contributed by atoms with Gasteiger partial charge in [0.25, 0.3) is 5.91 Å². The Bertz CT molecular complexity index is 536. The third-order valence-corrected chi connectivity index (χ3v) is 4.32. The molecule has 1 aliphatic rings. The highest BCUT2D eigenvalue weighted by atomic mass is 35.5. The molecule has 1 amide bonds. The summed E-state index contributed by atoms with van der Waals surface area (Å²) >= 11 is 3.32. The molecule has 0 spiro atoms. The fourth-order valence-corrected chi connectivity index (χ4v) is 2.81. The fraction of sp³-hybridized carbons (Fsp3) is 0.462. The van der Waals surface area contributed by atoms with Gasteiger partial charge in [0.2, 0.25) is 0 Å². The lowest BCUT2D eigenvalue weighted by molar-refractivity contribution is 0.0714. The average Bonchev–Trinajstić information content (AvgIpc) is 2.48. The Morgan fingerprint density at radius 2 is 2.05 bits per heavy atom. The molecule has 124 valence electrons. The maximum absolute atomic E-state index is 12.2. The molecule has 2 rings (SSSR count). The van der Waals surface area contributed by atoms with Crippen LogP contribution in [0.1, 0.15) is 23.2 Å². The van der Waals surface area contributed by atoms with E-state index >= 15 is 0 Å². The first-order valence-electron chi connectivity index (χ1n) is 6.65. The number of hydrogen-bond donors (Lipinski definition) is 3. The van der Waals surface area contributed by atoms with Gasteiger partial charge in [0, 0.05) is 36.6 Å². The largest absolute Gasteiger partial charge is 0.768 e. The molecule has 1 saturated heterocycles. The highest BCUT2D eigenvalue weighted by molar-refractivity contribution is 7.79. The molecule has 1 aromatic carbocycles. The number of nitrogens with one attached hydrogen (secondary N) is 1. The molecular weight excluding hydrogens is 330 g/mol. The van der Waals surface area contributed by atoms with Crippen molar-refractivity contribution in [2.24, 2.45) is 5.73 Å². The van der Waals surface area contributed by atoms with Gasteiger partial charge in [0.15, 0.2) is 0 Å². The number of hydrogen-bond acceptors (Lipinski definition) is 6. The maximum atomic E-state index is 12.2. The molecule has 0 radical (unpaired) electrons. The van der Waals surface area contributed by atoms with Crippen LogP contribution in [-0.4, -0.2) is 51.0 Å². The van der Waals surface area contributed by atoms with E-state index in [4.69, 9.17) is 22.5 Å². The lowest BCUT2D eigenvalue weighted by atomic mass is 10.0.